The Morgan fingerprint density at radius 1 is 1.00 bits per heavy atom. The predicted octanol–water partition coefficient (Wildman–Crippen LogP) is 5.21. The van der Waals surface area contributed by atoms with Crippen molar-refractivity contribution in [2.75, 3.05) is 44.3 Å². The average Bonchev–Trinajstić information content (AvgIpc) is 2.66. The third-order valence-corrected chi connectivity index (χ3v) is 6.68. The van der Waals surface area contributed by atoms with Crippen molar-refractivity contribution in [3.63, 3.8) is 0 Å². The molecule has 5 nitrogen and oxygen atoms in total. The molecule has 2 bridgehead atoms. The van der Waals surface area contributed by atoms with Crippen molar-refractivity contribution in [2.24, 2.45) is 11.8 Å². The summed E-state index contributed by atoms with van der Waals surface area (Å²) in [5.41, 5.74) is 1.08. The standard InChI is InChI=1S/C21H23Br2N3O2/c22-16-2-3-18-19(7-16)28-20-8-17(23)9-24-21(20)26(18)5-1-4-25-10-14-6-15(11-25)13-27-12-14/h2-3,7-9,14-15H,1,4-6,10-13H2. The summed E-state index contributed by atoms with van der Waals surface area (Å²) in [6, 6.07) is 8.18. The van der Waals surface area contributed by atoms with Gasteiger partial charge in [0.15, 0.2) is 17.3 Å². The van der Waals surface area contributed by atoms with Crippen molar-refractivity contribution in [1.29, 1.82) is 0 Å². The molecule has 148 valence electrons. The minimum Gasteiger partial charge on any atom is -0.451 e. The number of halogens is 2. The van der Waals surface area contributed by atoms with Crippen LogP contribution in [0, 0.1) is 11.8 Å². The molecule has 2 unspecified atom stereocenters. The van der Waals surface area contributed by atoms with Crippen LogP contribution < -0.4 is 9.64 Å². The molecule has 3 aliphatic rings. The number of likely N-dealkylation sites (tertiary alicyclic amines) is 1. The number of anilines is 2. The number of benzene rings is 1. The van der Waals surface area contributed by atoms with Crippen molar-refractivity contribution in [3.8, 4) is 11.5 Å². The minimum atomic E-state index is 0.716. The minimum absolute atomic E-state index is 0.716. The summed E-state index contributed by atoms with van der Waals surface area (Å²) in [5, 5.41) is 0. The van der Waals surface area contributed by atoms with Crippen LogP contribution in [0.3, 0.4) is 0 Å². The summed E-state index contributed by atoms with van der Waals surface area (Å²) in [6.07, 6.45) is 4.27. The van der Waals surface area contributed by atoms with Gasteiger partial charge in [0.1, 0.15) is 0 Å². The van der Waals surface area contributed by atoms with Gasteiger partial charge in [0.25, 0.3) is 0 Å². The van der Waals surface area contributed by atoms with E-state index in [0.717, 1.165) is 64.7 Å². The van der Waals surface area contributed by atoms with Crippen molar-refractivity contribution in [3.05, 3.63) is 39.4 Å². The highest BCUT2D eigenvalue weighted by molar-refractivity contribution is 9.10. The van der Waals surface area contributed by atoms with E-state index in [4.69, 9.17) is 9.47 Å². The number of nitrogens with zero attached hydrogens (tertiary/aromatic N) is 3. The first kappa shape index (κ1) is 18.9. The zero-order valence-electron chi connectivity index (χ0n) is 15.6. The monoisotopic (exact) mass is 507 g/mol. The molecule has 5 rings (SSSR count). The van der Waals surface area contributed by atoms with Crippen LogP contribution in [0.4, 0.5) is 11.5 Å². The summed E-state index contributed by atoms with van der Waals surface area (Å²) in [6.45, 7) is 6.25. The third-order valence-electron chi connectivity index (χ3n) is 5.75. The fraction of sp³-hybridized carbons (Fsp3) is 0.476. The highest BCUT2D eigenvalue weighted by atomic mass is 79.9. The van der Waals surface area contributed by atoms with Gasteiger partial charge in [-0.15, -0.1) is 0 Å². The number of pyridine rings is 1. The Labute approximate surface area is 182 Å². The van der Waals surface area contributed by atoms with Crippen LogP contribution in [-0.2, 0) is 4.74 Å². The van der Waals surface area contributed by atoms with Gasteiger partial charge in [0.2, 0.25) is 0 Å². The van der Waals surface area contributed by atoms with E-state index in [1.54, 1.807) is 0 Å². The normalized spacial score (nSPS) is 23.7. The summed E-state index contributed by atoms with van der Waals surface area (Å²) in [5.74, 6) is 3.99. The zero-order chi connectivity index (χ0) is 19.1. The molecule has 0 saturated carbocycles. The lowest BCUT2D eigenvalue weighted by Crippen LogP contribution is -2.47. The molecule has 7 heteroatoms. The summed E-state index contributed by atoms with van der Waals surface area (Å²) < 4.78 is 13.8. The van der Waals surface area contributed by atoms with Gasteiger partial charge in [-0.25, -0.2) is 4.98 Å². The molecule has 0 N–H and O–H groups in total. The van der Waals surface area contributed by atoms with Crippen LogP contribution in [0.15, 0.2) is 39.4 Å². The fourth-order valence-corrected chi connectivity index (χ4v) is 5.30. The van der Waals surface area contributed by atoms with E-state index in [1.165, 1.54) is 19.5 Å². The number of hydrogen-bond acceptors (Lipinski definition) is 5. The molecular formula is C21H23Br2N3O2. The highest BCUT2D eigenvalue weighted by Gasteiger charge is 2.31. The topological polar surface area (TPSA) is 37.8 Å². The van der Waals surface area contributed by atoms with Crippen molar-refractivity contribution >= 4 is 43.4 Å². The van der Waals surface area contributed by atoms with E-state index in [-0.39, 0.29) is 0 Å². The van der Waals surface area contributed by atoms with Gasteiger partial charge in [0.05, 0.1) is 18.9 Å². The predicted molar refractivity (Wildman–Crippen MR) is 117 cm³/mol. The van der Waals surface area contributed by atoms with Crippen LogP contribution in [-0.4, -0.2) is 49.3 Å². The maximum absolute atomic E-state index is 6.13. The number of ether oxygens (including phenoxy) is 2. The van der Waals surface area contributed by atoms with Gasteiger partial charge in [-0.05, 0) is 65.4 Å². The van der Waals surface area contributed by atoms with Crippen LogP contribution in [0.1, 0.15) is 12.8 Å². The Kier molecular flexibility index (Phi) is 5.34. The molecule has 28 heavy (non-hydrogen) atoms. The Morgan fingerprint density at radius 3 is 2.61 bits per heavy atom. The Bertz CT molecular complexity index is 815. The number of rotatable bonds is 4. The Balaban J connectivity index is 1.32. The van der Waals surface area contributed by atoms with E-state index >= 15 is 0 Å². The molecule has 2 fully saturated rings. The first-order valence-electron chi connectivity index (χ1n) is 9.86. The van der Waals surface area contributed by atoms with Crippen molar-refractivity contribution < 1.29 is 9.47 Å². The molecule has 2 aromatic rings. The second-order valence-electron chi connectivity index (χ2n) is 7.96. The Morgan fingerprint density at radius 2 is 1.79 bits per heavy atom. The molecule has 4 heterocycles. The zero-order valence-corrected chi connectivity index (χ0v) is 18.8. The first-order chi connectivity index (χ1) is 13.7. The quantitative estimate of drug-likeness (QED) is 0.566. The summed E-state index contributed by atoms with van der Waals surface area (Å²) in [4.78, 5) is 9.56. The molecule has 2 saturated heterocycles. The second kappa shape index (κ2) is 7.94. The molecule has 0 amide bonds. The molecule has 0 aliphatic carbocycles. The van der Waals surface area contributed by atoms with Crippen LogP contribution >= 0.6 is 31.9 Å². The van der Waals surface area contributed by atoms with E-state index in [0.29, 0.717) is 11.8 Å². The average molecular weight is 509 g/mol. The maximum Gasteiger partial charge on any atom is 0.176 e. The first-order valence-corrected chi connectivity index (χ1v) is 11.4. The molecule has 0 radical (unpaired) electrons. The Hall–Kier alpha value is -1.15. The van der Waals surface area contributed by atoms with Gasteiger partial charge in [0, 0.05) is 40.8 Å². The largest absolute Gasteiger partial charge is 0.451 e. The SMILES string of the molecule is Brc1ccc2c(c1)Oc1cc(Br)cnc1N2CCCN1CC2COCC(C2)C1. The number of fused-ring (bicyclic) bond motifs is 4. The summed E-state index contributed by atoms with van der Waals surface area (Å²) >= 11 is 7.06. The maximum atomic E-state index is 6.13. The summed E-state index contributed by atoms with van der Waals surface area (Å²) in [7, 11) is 0. The van der Waals surface area contributed by atoms with E-state index in [1.807, 2.05) is 18.3 Å². The highest BCUT2D eigenvalue weighted by Crippen LogP contribution is 2.47. The van der Waals surface area contributed by atoms with Crippen molar-refractivity contribution in [1.82, 2.24) is 9.88 Å². The van der Waals surface area contributed by atoms with Crippen LogP contribution in [0.2, 0.25) is 0 Å². The van der Waals surface area contributed by atoms with Gasteiger partial charge >= 0.3 is 0 Å². The van der Waals surface area contributed by atoms with Gasteiger partial charge < -0.3 is 19.3 Å². The number of hydrogen-bond donors (Lipinski definition) is 0. The van der Waals surface area contributed by atoms with Crippen LogP contribution in [0.25, 0.3) is 0 Å². The number of aromatic nitrogens is 1. The molecule has 0 spiro atoms. The molecule has 3 aliphatic heterocycles. The van der Waals surface area contributed by atoms with Crippen molar-refractivity contribution in [2.45, 2.75) is 12.8 Å². The van der Waals surface area contributed by atoms with Crippen LogP contribution in [0.5, 0.6) is 11.5 Å². The molecule has 1 aromatic carbocycles. The van der Waals surface area contributed by atoms with E-state index < -0.39 is 0 Å². The lowest BCUT2D eigenvalue weighted by atomic mass is 9.88. The van der Waals surface area contributed by atoms with E-state index in [2.05, 4.69) is 58.8 Å². The van der Waals surface area contributed by atoms with Gasteiger partial charge in [-0.3, -0.25) is 0 Å². The molecular weight excluding hydrogens is 486 g/mol. The van der Waals surface area contributed by atoms with Gasteiger partial charge in [-0.1, -0.05) is 15.9 Å². The lowest BCUT2D eigenvalue weighted by Gasteiger charge is -2.41. The molecule has 1 aromatic heterocycles. The fourth-order valence-electron chi connectivity index (χ4n) is 4.65. The third kappa shape index (κ3) is 3.82. The lowest BCUT2D eigenvalue weighted by molar-refractivity contribution is -0.0403. The second-order valence-corrected chi connectivity index (χ2v) is 9.79. The smallest absolute Gasteiger partial charge is 0.176 e. The van der Waals surface area contributed by atoms with E-state index in [9.17, 15) is 0 Å². The molecule has 2 atom stereocenters. The van der Waals surface area contributed by atoms with Gasteiger partial charge in [-0.2, -0.15) is 0 Å². The number of piperidine rings is 1.